The van der Waals surface area contributed by atoms with E-state index in [1.165, 1.54) is 26.1 Å². The zero-order chi connectivity index (χ0) is 13.9. The molecule has 0 saturated carbocycles. The van der Waals surface area contributed by atoms with Gasteiger partial charge in [-0.15, -0.1) is 0 Å². The van der Waals surface area contributed by atoms with Gasteiger partial charge in [-0.05, 0) is 35.8 Å². The predicted octanol–water partition coefficient (Wildman–Crippen LogP) is 2.34. The summed E-state index contributed by atoms with van der Waals surface area (Å²) in [5.41, 5.74) is -1.35. The Morgan fingerprint density at radius 2 is 2.33 bits per heavy atom. The maximum Gasteiger partial charge on any atom is 0.254 e. The second-order valence-electron chi connectivity index (χ2n) is 4.32. The summed E-state index contributed by atoms with van der Waals surface area (Å²) in [4.78, 5) is 15.6. The average molecular weight is 340 g/mol. The van der Waals surface area contributed by atoms with Crippen molar-refractivity contribution in [2.24, 2.45) is 0 Å². The Labute approximate surface area is 118 Å². The van der Waals surface area contributed by atoms with Crippen LogP contribution in [0.25, 0.3) is 0 Å². The van der Waals surface area contributed by atoms with E-state index in [2.05, 4.69) is 26.2 Å². The Hall–Kier alpha value is -0.720. The molecule has 1 rings (SSSR count). The van der Waals surface area contributed by atoms with E-state index in [0.717, 1.165) is 0 Å². The summed E-state index contributed by atoms with van der Waals surface area (Å²) >= 11 is 8.97. The van der Waals surface area contributed by atoms with Crippen molar-refractivity contribution in [2.75, 3.05) is 6.54 Å². The molecule has 0 aliphatic carbocycles. The van der Waals surface area contributed by atoms with E-state index in [1.54, 1.807) is 0 Å². The van der Waals surface area contributed by atoms with E-state index in [1.807, 2.05) is 0 Å². The van der Waals surface area contributed by atoms with E-state index < -0.39 is 17.7 Å². The number of nitrogens with one attached hydrogen (secondary N) is 1. The Morgan fingerprint density at radius 3 is 2.83 bits per heavy atom. The fourth-order valence-electron chi connectivity index (χ4n) is 1.10. The first-order chi connectivity index (χ1) is 8.21. The summed E-state index contributed by atoms with van der Waals surface area (Å²) in [6, 6.07) is 1.47. The van der Waals surface area contributed by atoms with Crippen molar-refractivity contribution in [1.29, 1.82) is 0 Å². The van der Waals surface area contributed by atoms with Crippen LogP contribution in [0, 0.1) is 0 Å². The number of nitrogens with zero attached hydrogens (tertiary/aromatic N) is 1. The van der Waals surface area contributed by atoms with Gasteiger partial charge in [-0.3, -0.25) is 4.79 Å². The number of rotatable bonds is 4. The quantitative estimate of drug-likeness (QED) is 0.828. The van der Waals surface area contributed by atoms with E-state index in [0.29, 0.717) is 4.60 Å². The smallest absolute Gasteiger partial charge is 0.254 e. The third-order valence-electron chi connectivity index (χ3n) is 2.27. The number of carbonyl (C=O) groups is 1. The lowest BCUT2D eigenvalue weighted by Gasteiger charge is -2.22. The SMILES string of the molecule is CC(C)(O)C(F)CNC(=O)c1cnc(Br)cc1Cl. The molecule has 100 valence electrons. The minimum absolute atomic E-state index is 0.155. The molecule has 0 spiro atoms. The Kier molecular flexibility index (Phi) is 5.07. The molecule has 4 nitrogen and oxygen atoms in total. The van der Waals surface area contributed by atoms with Gasteiger partial charge >= 0.3 is 0 Å². The minimum atomic E-state index is -1.57. The molecule has 0 aromatic carbocycles. The molecule has 0 bridgehead atoms. The Morgan fingerprint density at radius 1 is 1.72 bits per heavy atom. The minimum Gasteiger partial charge on any atom is -0.387 e. The second kappa shape index (κ2) is 5.95. The van der Waals surface area contributed by atoms with Crippen LogP contribution in [0.15, 0.2) is 16.9 Å². The molecule has 0 radical (unpaired) electrons. The molecule has 2 N–H and O–H groups in total. The van der Waals surface area contributed by atoms with Gasteiger partial charge in [0.1, 0.15) is 10.8 Å². The molecule has 1 heterocycles. The molecule has 0 fully saturated rings. The lowest BCUT2D eigenvalue weighted by atomic mass is 10.0. The van der Waals surface area contributed by atoms with E-state index in [4.69, 9.17) is 11.6 Å². The molecule has 7 heteroatoms. The van der Waals surface area contributed by atoms with E-state index >= 15 is 0 Å². The third-order valence-corrected chi connectivity index (χ3v) is 3.02. The Balaban J connectivity index is 2.66. The van der Waals surface area contributed by atoms with Crippen LogP contribution in [0.4, 0.5) is 4.39 Å². The molecular formula is C11H13BrClFN2O2. The highest BCUT2D eigenvalue weighted by atomic mass is 79.9. The number of alkyl halides is 1. The predicted molar refractivity (Wildman–Crippen MR) is 70.5 cm³/mol. The van der Waals surface area contributed by atoms with Crippen LogP contribution in [-0.2, 0) is 0 Å². The molecule has 1 aromatic heterocycles. The van der Waals surface area contributed by atoms with Crippen molar-refractivity contribution < 1.29 is 14.3 Å². The summed E-state index contributed by atoms with van der Waals surface area (Å²) < 4.78 is 13.9. The van der Waals surface area contributed by atoms with Crippen molar-refractivity contribution in [3.05, 3.63) is 27.5 Å². The van der Waals surface area contributed by atoms with Gasteiger partial charge in [-0.25, -0.2) is 9.37 Å². The number of carbonyl (C=O) groups excluding carboxylic acids is 1. The second-order valence-corrected chi connectivity index (χ2v) is 5.54. The van der Waals surface area contributed by atoms with Gasteiger partial charge < -0.3 is 10.4 Å². The average Bonchev–Trinajstić information content (AvgIpc) is 2.24. The van der Waals surface area contributed by atoms with Gasteiger partial charge in [0.25, 0.3) is 5.91 Å². The molecule has 1 atom stereocenters. The molecule has 0 aliphatic heterocycles. The number of halogens is 3. The number of hydrogen-bond donors (Lipinski definition) is 2. The van der Waals surface area contributed by atoms with E-state index in [9.17, 15) is 14.3 Å². The standard InChI is InChI=1S/C11H13BrClFN2O2/c1-11(2,18)8(14)5-16-10(17)6-4-15-9(12)3-7(6)13/h3-4,8,18H,5H2,1-2H3,(H,16,17). The maximum atomic E-state index is 13.4. The molecular weight excluding hydrogens is 326 g/mol. The highest BCUT2D eigenvalue weighted by Gasteiger charge is 2.27. The number of aliphatic hydroxyl groups is 1. The topological polar surface area (TPSA) is 62.2 Å². The first kappa shape index (κ1) is 15.3. The summed E-state index contributed by atoms with van der Waals surface area (Å²) in [5.74, 6) is -0.535. The Bertz CT molecular complexity index is 451. The summed E-state index contributed by atoms with van der Waals surface area (Å²) in [6.07, 6.45) is -0.275. The molecule has 18 heavy (non-hydrogen) atoms. The van der Waals surface area contributed by atoms with Crippen LogP contribution in [0.2, 0.25) is 5.02 Å². The fraction of sp³-hybridized carbons (Fsp3) is 0.455. The molecule has 1 unspecified atom stereocenters. The first-order valence-corrected chi connectivity index (χ1v) is 6.34. The first-order valence-electron chi connectivity index (χ1n) is 5.17. The normalized spacial score (nSPS) is 13.2. The molecule has 0 aliphatic rings. The van der Waals surface area contributed by atoms with Gasteiger partial charge in [0.15, 0.2) is 0 Å². The summed E-state index contributed by atoms with van der Waals surface area (Å²) in [6.45, 7) is 2.37. The van der Waals surface area contributed by atoms with Crippen LogP contribution in [0.5, 0.6) is 0 Å². The van der Waals surface area contributed by atoms with Crippen molar-refractivity contribution in [2.45, 2.75) is 25.6 Å². The number of aromatic nitrogens is 1. The van der Waals surface area contributed by atoms with Crippen LogP contribution in [0.3, 0.4) is 0 Å². The van der Waals surface area contributed by atoms with Gasteiger partial charge in [-0.1, -0.05) is 11.6 Å². The number of pyridine rings is 1. The maximum absolute atomic E-state index is 13.4. The van der Waals surface area contributed by atoms with Crippen molar-refractivity contribution >= 4 is 33.4 Å². The molecule has 0 saturated heterocycles. The van der Waals surface area contributed by atoms with Crippen LogP contribution >= 0.6 is 27.5 Å². The van der Waals surface area contributed by atoms with Gasteiger partial charge in [-0.2, -0.15) is 0 Å². The van der Waals surface area contributed by atoms with Crippen molar-refractivity contribution in [1.82, 2.24) is 10.3 Å². The molecule has 1 aromatic rings. The highest BCUT2D eigenvalue weighted by Crippen LogP contribution is 2.19. The van der Waals surface area contributed by atoms with E-state index in [-0.39, 0.29) is 17.1 Å². The van der Waals surface area contributed by atoms with Gasteiger partial charge in [0.2, 0.25) is 0 Å². The highest BCUT2D eigenvalue weighted by molar-refractivity contribution is 9.10. The van der Waals surface area contributed by atoms with Gasteiger partial charge in [0.05, 0.1) is 22.7 Å². The zero-order valence-corrected chi connectivity index (χ0v) is 12.2. The molecule has 1 amide bonds. The lowest BCUT2D eigenvalue weighted by Crippen LogP contribution is -2.42. The fourth-order valence-corrected chi connectivity index (χ4v) is 1.80. The summed E-state index contributed by atoms with van der Waals surface area (Å²) in [7, 11) is 0. The van der Waals surface area contributed by atoms with Crippen LogP contribution in [0.1, 0.15) is 24.2 Å². The number of amides is 1. The van der Waals surface area contributed by atoms with Crippen molar-refractivity contribution in [3.63, 3.8) is 0 Å². The van der Waals surface area contributed by atoms with Gasteiger partial charge in [0, 0.05) is 6.20 Å². The third kappa shape index (κ3) is 4.19. The van der Waals surface area contributed by atoms with Crippen LogP contribution in [-0.4, -0.2) is 34.3 Å². The monoisotopic (exact) mass is 338 g/mol. The largest absolute Gasteiger partial charge is 0.387 e. The van der Waals surface area contributed by atoms with Crippen molar-refractivity contribution in [3.8, 4) is 0 Å². The van der Waals surface area contributed by atoms with Crippen LogP contribution < -0.4 is 5.32 Å². The lowest BCUT2D eigenvalue weighted by molar-refractivity contribution is -0.00177. The number of hydrogen-bond acceptors (Lipinski definition) is 3. The zero-order valence-electron chi connectivity index (χ0n) is 9.88. The summed E-state index contributed by atoms with van der Waals surface area (Å²) in [5, 5.41) is 12.0.